The van der Waals surface area contributed by atoms with Gasteiger partial charge < -0.3 is 16.4 Å². The summed E-state index contributed by atoms with van der Waals surface area (Å²) in [7, 11) is 0. The van der Waals surface area contributed by atoms with E-state index in [0.717, 1.165) is 24.8 Å². The second-order valence-corrected chi connectivity index (χ2v) is 7.99. The first-order chi connectivity index (χ1) is 11.8. The molecule has 4 N–H and O–H groups in total. The van der Waals surface area contributed by atoms with Crippen molar-refractivity contribution >= 4 is 11.8 Å². The van der Waals surface area contributed by atoms with Crippen molar-refractivity contribution in [2.45, 2.75) is 59.0 Å². The monoisotopic (exact) mass is 345 g/mol. The van der Waals surface area contributed by atoms with E-state index in [-0.39, 0.29) is 17.9 Å². The topological polar surface area (TPSA) is 84.2 Å². The van der Waals surface area contributed by atoms with Gasteiger partial charge >= 0.3 is 0 Å². The second kappa shape index (κ2) is 8.48. The van der Waals surface area contributed by atoms with E-state index < -0.39 is 5.41 Å². The van der Waals surface area contributed by atoms with Crippen molar-refractivity contribution in [2.24, 2.45) is 17.1 Å². The van der Waals surface area contributed by atoms with E-state index in [2.05, 4.69) is 10.6 Å². The van der Waals surface area contributed by atoms with Crippen LogP contribution in [0.25, 0.3) is 0 Å². The molecule has 138 valence electrons. The van der Waals surface area contributed by atoms with Gasteiger partial charge in [-0.25, -0.2) is 0 Å². The van der Waals surface area contributed by atoms with E-state index in [4.69, 9.17) is 5.73 Å². The van der Waals surface area contributed by atoms with Crippen LogP contribution in [0, 0.1) is 11.3 Å². The number of hydrogen-bond acceptors (Lipinski definition) is 3. The van der Waals surface area contributed by atoms with Gasteiger partial charge in [-0.2, -0.15) is 0 Å². The zero-order valence-corrected chi connectivity index (χ0v) is 15.6. The molecule has 0 radical (unpaired) electrons. The summed E-state index contributed by atoms with van der Waals surface area (Å²) in [4.78, 5) is 24.4. The minimum Gasteiger partial charge on any atom is -0.352 e. The first-order valence-corrected chi connectivity index (χ1v) is 9.19. The molecule has 5 heteroatoms. The summed E-state index contributed by atoms with van der Waals surface area (Å²) in [6.45, 7) is 6.74. The molecule has 1 aliphatic rings. The van der Waals surface area contributed by atoms with Crippen LogP contribution in [0.15, 0.2) is 24.3 Å². The first kappa shape index (κ1) is 19.4. The van der Waals surface area contributed by atoms with Crippen LogP contribution in [0.1, 0.15) is 62.4 Å². The number of nitrogens with two attached hydrogens (primary N) is 1. The van der Waals surface area contributed by atoms with Crippen molar-refractivity contribution in [1.29, 1.82) is 0 Å². The van der Waals surface area contributed by atoms with Gasteiger partial charge in [0.25, 0.3) is 5.91 Å². The Morgan fingerprint density at radius 1 is 1.12 bits per heavy atom. The smallest absolute Gasteiger partial charge is 0.251 e. The van der Waals surface area contributed by atoms with Crippen LogP contribution in [-0.2, 0) is 11.3 Å². The lowest BCUT2D eigenvalue weighted by Crippen LogP contribution is -2.44. The normalized spacial score (nSPS) is 20.8. The highest BCUT2D eigenvalue weighted by atomic mass is 16.2. The van der Waals surface area contributed by atoms with Gasteiger partial charge in [0.15, 0.2) is 0 Å². The molecule has 2 amide bonds. The lowest BCUT2D eigenvalue weighted by Gasteiger charge is -2.31. The Morgan fingerprint density at radius 3 is 2.36 bits per heavy atom. The predicted molar refractivity (Wildman–Crippen MR) is 100 cm³/mol. The fourth-order valence-corrected chi connectivity index (χ4v) is 3.15. The van der Waals surface area contributed by atoms with E-state index in [9.17, 15) is 9.59 Å². The van der Waals surface area contributed by atoms with Gasteiger partial charge in [-0.15, -0.1) is 0 Å². The summed E-state index contributed by atoms with van der Waals surface area (Å²) in [6, 6.07) is 7.58. The number of rotatable bonds is 5. The molecule has 2 atom stereocenters. The van der Waals surface area contributed by atoms with Crippen molar-refractivity contribution < 1.29 is 9.59 Å². The molecule has 1 aromatic carbocycles. The quantitative estimate of drug-likeness (QED) is 0.767. The third-order valence-electron chi connectivity index (χ3n) is 4.88. The molecule has 0 aliphatic heterocycles. The average Bonchev–Trinajstić information content (AvgIpc) is 2.59. The number of nitrogens with one attached hydrogen (secondary N) is 2. The summed E-state index contributed by atoms with van der Waals surface area (Å²) in [6.07, 6.45) is 4.44. The van der Waals surface area contributed by atoms with E-state index >= 15 is 0 Å². The van der Waals surface area contributed by atoms with Gasteiger partial charge in [0, 0.05) is 23.6 Å². The van der Waals surface area contributed by atoms with E-state index in [0.29, 0.717) is 24.6 Å². The van der Waals surface area contributed by atoms with E-state index in [1.165, 1.54) is 6.42 Å². The van der Waals surface area contributed by atoms with Gasteiger partial charge in [0.05, 0.1) is 0 Å². The fourth-order valence-electron chi connectivity index (χ4n) is 3.15. The highest BCUT2D eigenvalue weighted by Crippen LogP contribution is 2.23. The van der Waals surface area contributed by atoms with Crippen LogP contribution in [-0.4, -0.2) is 24.4 Å². The van der Waals surface area contributed by atoms with Crippen LogP contribution in [0.3, 0.4) is 0 Å². The minimum absolute atomic E-state index is 0.0134. The van der Waals surface area contributed by atoms with Gasteiger partial charge in [-0.1, -0.05) is 45.7 Å². The predicted octanol–water partition coefficient (Wildman–Crippen LogP) is 2.60. The molecule has 1 aliphatic carbocycles. The number of amides is 2. The van der Waals surface area contributed by atoms with Crippen LogP contribution >= 0.6 is 0 Å². The lowest BCUT2D eigenvalue weighted by molar-refractivity contribution is -0.128. The lowest BCUT2D eigenvalue weighted by atomic mass is 9.84. The largest absolute Gasteiger partial charge is 0.352 e. The van der Waals surface area contributed by atoms with Crippen molar-refractivity contribution in [3.8, 4) is 0 Å². The van der Waals surface area contributed by atoms with Crippen LogP contribution in [0.2, 0.25) is 0 Å². The summed E-state index contributed by atoms with van der Waals surface area (Å²) in [5, 5.41) is 6.05. The number of carbonyl (C=O) groups is 2. The third-order valence-corrected chi connectivity index (χ3v) is 4.88. The maximum Gasteiger partial charge on any atom is 0.251 e. The minimum atomic E-state index is -0.403. The second-order valence-electron chi connectivity index (χ2n) is 7.99. The number of hydrogen-bond donors (Lipinski definition) is 3. The van der Waals surface area contributed by atoms with Crippen molar-refractivity contribution in [3.63, 3.8) is 0 Å². The standard InChI is InChI=1S/C20H31N3O2/c1-20(2,3)19(25)22-13-14-8-10-15(11-9-14)18(24)23-17-7-5-4-6-16(17)12-21/h8-11,16-17H,4-7,12-13,21H2,1-3H3,(H,22,25)(H,23,24). The highest BCUT2D eigenvalue weighted by molar-refractivity contribution is 5.94. The van der Waals surface area contributed by atoms with Crippen molar-refractivity contribution in [1.82, 2.24) is 10.6 Å². The van der Waals surface area contributed by atoms with Gasteiger partial charge in [0.1, 0.15) is 0 Å². The Kier molecular flexibility index (Phi) is 6.59. The van der Waals surface area contributed by atoms with Crippen molar-refractivity contribution in [3.05, 3.63) is 35.4 Å². The SMILES string of the molecule is CC(C)(C)C(=O)NCc1ccc(C(=O)NC2CCCCC2CN)cc1. The summed E-state index contributed by atoms with van der Waals surface area (Å²) >= 11 is 0. The Morgan fingerprint density at radius 2 is 1.76 bits per heavy atom. The zero-order valence-electron chi connectivity index (χ0n) is 15.6. The Hall–Kier alpha value is -1.88. The molecule has 1 saturated carbocycles. The number of benzene rings is 1. The average molecular weight is 345 g/mol. The number of carbonyl (C=O) groups excluding carboxylic acids is 2. The maximum absolute atomic E-state index is 12.5. The first-order valence-electron chi connectivity index (χ1n) is 9.19. The Bertz CT molecular complexity index is 590. The van der Waals surface area contributed by atoms with Crippen LogP contribution in [0.5, 0.6) is 0 Å². The molecule has 0 bridgehead atoms. The van der Waals surface area contributed by atoms with Gasteiger partial charge in [0.2, 0.25) is 5.91 Å². The van der Waals surface area contributed by atoms with E-state index in [1.807, 2.05) is 45.0 Å². The Balaban J connectivity index is 1.90. The molecular weight excluding hydrogens is 314 g/mol. The molecule has 0 saturated heterocycles. The van der Waals surface area contributed by atoms with Gasteiger partial charge in [-0.05, 0) is 43.0 Å². The molecule has 5 nitrogen and oxygen atoms in total. The van der Waals surface area contributed by atoms with E-state index in [1.54, 1.807) is 0 Å². The molecule has 0 spiro atoms. The molecule has 1 aromatic rings. The molecule has 2 rings (SSSR count). The fraction of sp³-hybridized carbons (Fsp3) is 0.600. The maximum atomic E-state index is 12.5. The van der Waals surface area contributed by atoms with Crippen LogP contribution in [0.4, 0.5) is 0 Å². The molecule has 0 aromatic heterocycles. The van der Waals surface area contributed by atoms with Crippen LogP contribution < -0.4 is 16.4 Å². The molecule has 0 heterocycles. The molecule has 25 heavy (non-hydrogen) atoms. The zero-order chi connectivity index (χ0) is 18.4. The van der Waals surface area contributed by atoms with Gasteiger partial charge in [-0.3, -0.25) is 9.59 Å². The highest BCUT2D eigenvalue weighted by Gasteiger charge is 2.25. The summed E-state index contributed by atoms with van der Waals surface area (Å²) in [5.74, 6) is 0.347. The Labute approximate surface area is 150 Å². The third kappa shape index (κ3) is 5.56. The van der Waals surface area contributed by atoms with Crippen molar-refractivity contribution in [2.75, 3.05) is 6.54 Å². The molecule has 1 fully saturated rings. The molecule has 2 unspecified atom stereocenters. The summed E-state index contributed by atoms with van der Waals surface area (Å²) in [5.41, 5.74) is 7.05. The summed E-state index contributed by atoms with van der Waals surface area (Å²) < 4.78 is 0. The molecular formula is C20H31N3O2.